The molecule has 1 amide bonds. The van der Waals surface area contributed by atoms with Crippen molar-refractivity contribution in [2.45, 2.75) is 30.3 Å². The fourth-order valence-electron chi connectivity index (χ4n) is 3.76. The Labute approximate surface area is 173 Å². The SMILES string of the molecule is CS(=O)(=O)c1ccc(N2CCc3c(OC4CCN(C(=O)O)CC4)ncnc32)c(F)c1. The maximum Gasteiger partial charge on any atom is 0.407 e. The van der Waals surface area contributed by atoms with E-state index in [1.54, 1.807) is 4.90 Å². The number of piperidine rings is 1. The van der Waals surface area contributed by atoms with Crippen molar-refractivity contribution in [1.29, 1.82) is 0 Å². The van der Waals surface area contributed by atoms with Crippen molar-refractivity contribution in [1.82, 2.24) is 14.9 Å². The maximum atomic E-state index is 14.7. The van der Waals surface area contributed by atoms with Gasteiger partial charge in [0.2, 0.25) is 5.88 Å². The van der Waals surface area contributed by atoms with E-state index in [0.717, 1.165) is 17.9 Å². The number of hydrogen-bond donors (Lipinski definition) is 1. The lowest BCUT2D eigenvalue weighted by atomic mass is 10.1. The number of likely N-dealkylation sites (tertiary alicyclic amines) is 1. The molecule has 0 spiro atoms. The van der Waals surface area contributed by atoms with E-state index in [4.69, 9.17) is 9.84 Å². The number of halogens is 1. The topological polar surface area (TPSA) is 113 Å². The lowest BCUT2D eigenvalue weighted by Gasteiger charge is -2.30. The van der Waals surface area contributed by atoms with Gasteiger partial charge in [-0.2, -0.15) is 0 Å². The highest BCUT2D eigenvalue weighted by molar-refractivity contribution is 7.90. The second kappa shape index (κ2) is 7.71. The minimum Gasteiger partial charge on any atom is -0.474 e. The number of benzene rings is 1. The molecule has 2 aliphatic rings. The molecule has 1 aromatic carbocycles. The molecule has 30 heavy (non-hydrogen) atoms. The van der Waals surface area contributed by atoms with Gasteiger partial charge in [-0.1, -0.05) is 0 Å². The Morgan fingerprint density at radius 3 is 2.60 bits per heavy atom. The quantitative estimate of drug-likeness (QED) is 0.776. The average Bonchev–Trinajstić information content (AvgIpc) is 3.12. The van der Waals surface area contributed by atoms with Crippen LogP contribution in [0.2, 0.25) is 0 Å². The normalized spacial score (nSPS) is 17.1. The zero-order chi connectivity index (χ0) is 21.5. The monoisotopic (exact) mass is 436 g/mol. The fourth-order valence-corrected chi connectivity index (χ4v) is 4.40. The number of amides is 1. The van der Waals surface area contributed by atoms with Gasteiger partial charge in [0.15, 0.2) is 9.84 Å². The molecule has 2 aliphatic heterocycles. The number of carbonyl (C=O) groups is 1. The molecule has 0 aliphatic carbocycles. The second-order valence-corrected chi connectivity index (χ2v) is 9.37. The lowest BCUT2D eigenvalue weighted by molar-refractivity contribution is 0.0865. The van der Waals surface area contributed by atoms with Crippen molar-refractivity contribution < 1.29 is 27.4 Å². The van der Waals surface area contributed by atoms with Crippen LogP contribution in [0.1, 0.15) is 18.4 Å². The third kappa shape index (κ3) is 3.89. The highest BCUT2D eigenvalue weighted by Crippen LogP contribution is 2.38. The van der Waals surface area contributed by atoms with Crippen molar-refractivity contribution in [3.63, 3.8) is 0 Å². The summed E-state index contributed by atoms with van der Waals surface area (Å²) in [4.78, 5) is 22.5. The summed E-state index contributed by atoms with van der Waals surface area (Å²) in [7, 11) is -3.50. The van der Waals surface area contributed by atoms with Gasteiger partial charge in [0.25, 0.3) is 0 Å². The van der Waals surface area contributed by atoms with Gasteiger partial charge < -0.3 is 19.6 Å². The van der Waals surface area contributed by atoms with E-state index in [1.165, 1.54) is 23.4 Å². The van der Waals surface area contributed by atoms with Crippen LogP contribution >= 0.6 is 0 Å². The van der Waals surface area contributed by atoms with E-state index in [2.05, 4.69) is 9.97 Å². The molecule has 1 fully saturated rings. The first-order valence-electron chi connectivity index (χ1n) is 9.49. The Balaban J connectivity index is 1.55. The summed E-state index contributed by atoms with van der Waals surface area (Å²) in [5, 5.41) is 9.06. The van der Waals surface area contributed by atoms with Crippen LogP contribution in [0, 0.1) is 5.82 Å². The smallest absolute Gasteiger partial charge is 0.407 e. The number of anilines is 2. The van der Waals surface area contributed by atoms with Crippen molar-refractivity contribution in [3.8, 4) is 5.88 Å². The minimum atomic E-state index is -3.50. The Kier molecular flexibility index (Phi) is 5.22. The number of hydrogen-bond acceptors (Lipinski definition) is 7. The summed E-state index contributed by atoms with van der Waals surface area (Å²) in [5.41, 5.74) is 0.991. The summed E-state index contributed by atoms with van der Waals surface area (Å²) >= 11 is 0. The van der Waals surface area contributed by atoms with Crippen LogP contribution in [0.4, 0.5) is 20.7 Å². The largest absolute Gasteiger partial charge is 0.474 e. The lowest BCUT2D eigenvalue weighted by Crippen LogP contribution is -2.41. The average molecular weight is 436 g/mol. The zero-order valence-corrected chi connectivity index (χ0v) is 17.1. The van der Waals surface area contributed by atoms with Gasteiger partial charge in [0.05, 0.1) is 16.1 Å². The molecular weight excluding hydrogens is 415 g/mol. The van der Waals surface area contributed by atoms with Gasteiger partial charge in [0.1, 0.15) is 24.1 Å². The zero-order valence-electron chi connectivity index (χ0n) is 16.3. The van der Waals surface area contributed by atoms with E-state index in [-0.39, 0.29) is 16.7 Å². The molecule has 160 valence electrons. The summed E-state index contributed by atoms with van der Waals surface area (Å²) in [6.07, 6.45) is 2.97. The Bertz CT molecular complexity index is 1090. The Hall–Kier alpha value is -2.95. The van der Waals surface area contributed by atoms with Gasteiger partial charge in [-0.05, 0) is 24.6 Å². The first-order valence-corrected chi connectivity index (χ1v) is 11.4. The molecule has 2 aromatic rings. The third-order valence-corrected chi connectivity index (χ3v) is 6.46. The van der Waals surface area contributed by atoms with E-state index >= 15 is 0 Å². The molecule has 3 heterocycles. The molecule has 11 heteroatoms. The number of sulfone groups is 1. The first kappa shape index (κ1) is 20.3. The van der Waals surface area contributed by atoms with Crippen molar-refractivity contribution in [3.05, 3.63) is 35.9 Å². The molecular formula is C19H21FN4O5S. The van der Waals surface area contributed by atoms with Crippen LogP contribution in [0.3, 0.4) is 0 Å². The summed E-state index contributed by atoms with van der Waals surface area (Å²) in [6, 6.07) is 3.82. The minimum absolute atomic E-state index is 0.0809. The fraction of sp³-hybridized carbons (Fsp3) is 0.421. The second-order valence-electron chi connectivity index (χ2n) is 7.35. The highest BCUT2D eigenvalue weighted by Gasteiger charge is 2.30. The van der Waals surface area contributed by atoms with Crippen LogP contribution in [0.15, 0.2) is 29.4 Å². The molecule has 1 aromatic heterocycles. The van der Waals surface area contributed by atoms with Gasteiger partial charge in [-0.25, -0.2) is 27.6 Å². The summed E-state index contributed by atoms with van der Waals surface area (Å²) < 4.78 is 44.0. The first-order chi connectivity index (χ1) is 14.2. The van der Waals surface area contributed by atoms with Gasteiger partial charge in [0, 0.05) is 38.7 Å². The van der Waals surface area contributed by atoms with E-state index in [0.29, 0.717) is 50.6 Å². The van der Waals surface area contributed by atoms with Gasteiger partial charge >= 0.3 is 6.09 Å². The molecule has 0 atom stereocenters. The molecule has 4 rings (SSSR count). The molecule has 0 saturated carbocycles. The number of rotatable bonds is 4. The number of nitrogens with zero attached hydrogens (tertiary/aromatic N) is 4. The van der Waals surface area contributed by atoms with Crippen LogP contribution < -0.4 is 9.64 Å². The number of aromatic nitrogens is 2. The summed E-state index contributed by atoms with van der Waals surface area (Å²) in [6.45, 7) is 1.26. The predicted molar refractivity (Wildman–Crippen MR) is 105 cm³/mol. The Morgan fingerprint density at radius 1 is 1.23 bits per heavy atom. The van der Waals surface area contributed by atoms with E-state index in [1.807, 2.05) is 0 Å². The van der Waals surface area contributed by atoms with Crippen LogP contribution in [0.5, 0.6) is 5.88 Å². The van der Waals surface area contributed by atoms with Gasteiger partial charge in [-0.15, -0.1) is 0 Å². The number of ether oxygens (including phenoxy) is 1. The van der Waals surface area contributed by atoms with Crippen LogP contribution in [0.25, 0.3) is 0 Å². The predicted octanol–water partition coefficient (Wildman–Crippen LogP) is 2.23. The number of carboxylic acid groups (broad SMARTS) is 1. The van der Waals surface area contributed by atoms with Crippen molar-refractivity contribution in [2.24, 2.45) is 0 Å². The maximum absolute atomic E-state index is 14.7. The highest BCUT2D eigenvalue weighted by atomic mass is 32.2. The van der Waals surface area contributed by atoms with Crippen molar-refractivity contribution in [2.75, 3.05) is 30.8 Å². The standard InChI is InChI=1S/C19H21FN4O5S/c1-30(27,28)13-2-3-16(15(20)10-13)24-9-6-14-17(24)21-11-22-18(14)29-12-4-7-23(8-5-12)19(25)26/h2-3,10-12H,4-9H2,1H3,(H,25,26). The van der Waals surface area contributed by atoms with Crippen LogP contribution in [-0.4, -0.2) is 66.5 Å². The van der Waals surface area contributed by atoms with E-state index in [9.17, 15) is 17.6 Å². The molecule has 0 bridgehead atoms. The molecule has 1 N–H and O–H groups in total. The van der Waals surface area contributed by atoms with Crippen molar-refractivity contribution >= 4 is 27.4 Å². The molecule has 9 nitrogen and oxygen atoms in total. The third-order valence-electron chi connectivity index (χ3n) is 5.35. The molecule has 0 unspecified atom stereocenters. The summed E-state index contributed by atoms with van der Waals surface area (Å²) in [5.74, 6) is 0.298. The number of fused-ring (bicyclic) bond motifs is 1. The Morgan fingerprint density at radius 2 is 1.97 bits per heavy atom. The van der Waals surface area contributed by atoms with Gasteiger partial charge in [-0.3, -0.25) is 0 Å². The molecule has 1 saturated heterocycles. The van der Waals surface area contributed by atoms with E-state index < -0.39 is 21.7 Å². The van der Waals surface area contributed by atoms with Crippen LogP contribution in [-0.2, 0) is 16.3 Å². The molecule has 0 radical (unpaired) electrons.